The summed E-state index contributed by atoms with van der Waals surface area (Å²) in [6.07, 6.45) is 5.10. The maximum absolute atomic E-state index is 6.22. The minimum absolute atomic E-state index is 0.363. The number of hydrogen-bond acceptors (Lipinski definition) is 1. The first-order valence-corrected chi connectivity index (χ1v) is 8.87. The van der Waals surface area contributed by atoms with E-state index < -0.39 is 9.04 Å². The van der Waals surface area contributed by atoms with E-state index in [2.05, 4.69) is 44.2 Å². The molecule has 1 aliphatic rings. The van der Waals surface area contributed by atoms with Crippen LogP contribution in [0.5, 0.6) is 0 Å². The second kappa shape index (κ2) is 5.83. The van der Waals surface area contributed by atoms with E-state index in [1.54, 1.807) is 0 Å². The zero-order valence-corrected chi connectivity index (χ0v) is 12.3. The topological polar surface area (TPSA) is 9.23 Å². The van der Waals surface area contributed by atoms with Gasteiger partial charge in [-0.05, 0) is 30.9 Å². The summed E-state index contributed by atoms with van der Waals surface area (Å²) >= 11 is 0. The monoisotopic (exact) mass is 248 g/mol. The van der Waals surface area contributed by atoms with Crippen molar-refractivity contribution in [3.8, 4) is 0 Å². The van der Waals surface area contributed by atoms with Gasteiger partial charge < -0.3 is 4.43 Å². The summed E-state index contributed by atoms with van der Waals surface area (Å²) < 4.78 is 6.22. The third-order valence-electron chi connectivity index (χ3n) is 4.41. The van der Waals surface area contributed by atoms with Gasteiger partial charge in [0.05, 0.1) is 0 Å². The van der Waals surface area contributed by atoms with Crippen LogP contribution in [0.4, 0.5) is 0 Å². The standard InChI is InChI=1S/C15H24OSi/c1-3-15(4-2,14-10-6-5-7-11-14)17-13-9-8-12-16-17/h5-7,10-11,17H,3-4,8-9,12-13H2,1-2H3. The molecule has 2 heteroatoms. The molecule has 0 N–H and O–H groups in total. The first kappa shape index (κ1) is 12.8. The fourth-order valence-electron chi connectivity index (χ4n) is 3.25. The molecule has 0 aliphatic carbocycles. The summed E-state index contributed by atoms with van der Waals surface area (Å²) in [5.74, 6) is 0. The van der Waals surface area contributed by atoms with E-state index >= 15 is 0 Å². The summed E-state index contributed by atoms with van der Waals surface area (Å²) in [7, 11) is -1.10. The Kier molecular flexibility index (Phi) is 4.40. The number of benzene rings is 1. The lowest BCUT2D eigenvalue weighted by Gasteiger charge is -2.40. The number of rotatable bonds is 4. The Labute approximate surface area is 107 Å². The molecule has 1 atom stereocenters. The lowest BCUT2D eigenvalue weighted by Crippen LogP contribution is -2.46. The summed E-state index contributed by atoms with van der Waals surface area (Å²) in [5, 5.41) is 0.363. The highest BCUT2D eigenvalue weighted by molar-refractivity contribution is 6.56. The molecule has 1 unspecified atom stereocenters. The van der Waals surface area contributed by atoms with Crippen LogP contribution in [0.3, 0.4) is 0 Å². The van der Waals surface area contributed by atoms with Crippen molar-refractivity contribution in [1.29, 1.82) is 0 Å². The Balaban J connectivity index is 2.30. The molecule has 2 rings (SSSR count). The van der Waals surface area contributed by atoms with Crippen molar-refractivity contribution in [2.75, 3.05) is 6.61 Å². The molecule has 0 radical (unpaired) electrons. The van der Waals surface area contributed by atoms with Crippen LogP contribution in [-0.4, -0.2) is 15.6 Å². The zero-order chi connectivity index (χ0) is 12.1. The third-order valence-corrected chi connectivity index (χ3v) is 8.36. The minimum atomic E-state index is -1.10. The van der Waals surface area contributed by atoms with Crippen molar-refractivity contribution in [3.63, 3.8) is 0 Å². The molecule has 1 heterocycles. The van der Waals surface area contributed by atoms with E-state index in [4.69, 9.17) is 4.43 Å². The van der Waals surface area contributed by atoms with Crippen LogP contribution in [0.15, 0.2) is 30.3 Å². The lowest BCUT2D eigenvalue weighted by atomic mass is 9.92. The largest absolute Gasteiger partial charge is 0.419 e. The molecule has 94 valence electrons. The van der Waals surface area contributed by atoms with Crippen LogP contribution in [0.1, 0.15) is 45.1 Å². The Morgan fingerprint density at radius 3 is 2.35 bits per heavy atom. The van der Waals surface area contributed by atoms with Crippen LogP contribution in [0.25, 0.3) is 0 Å². The molecule has 1 saturated heterocycles. The molecule has 1 aliphatic heterocycles. The quantitative estimate of drug-likeness (QED) is 0.736. The van der Waals surface area contributed by atoms with Gasteiger partial charge in [0.2, 0.25) is 0 Å². The van der Waals surface area contributed by atoms with Gasteiger partial charge in [0.25, 0.3) is 0 Å². The Morgan fingerprint density at radius 2 is 1.82 bits per heavy atom. The van der Waals surface area contributed by atoms with Crippen LogP contribution in [0, 0.1) is 0 Å². The normalized spacial score (nSPS) is 21.4. The van der Waals surface area contributed by atoms with Gasteiger partial charge in [0.15, 0.2) is 9.04 Å². The Hall–Kier alpha value is -0.603. The first-order chi connectivity index (χ1) is 8.33. The molecule has 0 aromatic heterocycles. The molecule has 1 aromatic rings. The Bertz CT molecular complexity index is 326. The number of hydrogen-bond donors (Lipinski definition) is 0. The smallest absolute Gasteiger partial charge is 0.187 e. The van der Waals surface area contributed by atoms with Gasteiger partial charge in [-0.25, -0.2) is 0 Å². The molecular weight excluding hydrogens is 224 g/mol. The molecule has 1 fully saturated rings. The Morgan fingerprint density at radius 1 is 1.12 bits per heavy atom. The molecule has 0 amide bonds. The molecular formula is C15H24OSi. The van der Waals surface area contributed by atoms with E-state index in [-0.39, 0.29) is 0 Å². The van der Waals surface area contributed by atoms with E-state index in [1.165, 1.54) is 37.3 Å². The maximum atomic E-state index is 6.22. The van der Waals surface area contributed by atoms with Crippen molar-refractivity contribution in [2.45, 2.75) is 50.6 Å². The van der Waals surface area contributed by atoms with Crippen LogP contribution in [0.2, 0.25) is 6.04 Å². The van der Waals surface area contributed by atoms with Crippen molar-refractivity contribution in [1.82, 2.24) is 0 Å². The first-order valence-electron chi connectivity index (χ1n) is 7.00. The predicted molar refractivity (Wildman–Crippen MR) is 75.8 cm³/mol. The summed E-state index contributed by atoms with van der Waals surface area (Å²) in [6, 6.07) is 12.4. The summed E-state index contributed by atoms with van der Waals surface area (Å²) in [6.45, 7) is 5.68. The van der Waals surface area contributed by atoms with Gasteiger partial charge in [-0.15, -0.1) is 0 Å². The highest BCUT2D eigenvalue weighted by Crippen LogP contribution is 2.38. The average Bonchev–Trinajstić information content (AvgIpc) is 2.43. The van der Waals surface area contributed by atoms with E-state index in [0.29, 0.717) is 5.04 Å². The second-order valence-electron chi connectivity index (χ2n) is 5.08. The fraction of sp³-hybridized carbons (Fsp3) is 0.600. The van der Waals surface area contributed by atoms with Crippen LogP contribution < -0.4 is 0 Å². The van der Waals surface area contributed by atoms with E-state index in [9.17, 15) is 0 Å². The summed E-state index contributed by atoms with van der Waals surface area (Å²) in [5.41, 5.74) is 1.52. The van der Waals surface area contributed by atoms with Crippen LogP contribution >= 0.6 is 0 Å². The van der Waals surface area contributed by atoms with Gasteiger partial charge in [0.1, 0.15) is 0 Å². The highest BCUT2D eigenvalue weighted by Gasteiger charge is 2.40. The summed E-state index contributed by atoms with van der Waals surface area (Å²) in [4.78, 5) is 0. The highest BCUT2D eigenvalue weighted by atomic mass is 28.3. The van der Waals surface area contributed by atoms with Gasteiger partial charge >= 0.3 is 0 Å². The van der Waals surface area contributed by atoms with Crippen molar-refractivity contribution in [3.05, 3.63) is 35.9 Å². The van der Waals surface area contributed by atoms with Gasteiger partial charge in [-0.3, -0.25) is 0 Å². The van der Waals surface area contributed by atoms with Crippen molar-refractivity contribution < 1.29 is 4.43 Å². The van der Waals surface area contributed by atoms with Crippen LogP contribution in [-0.2, 0) is 9.46 Å². The second-order valence-corrected chi connectivity index (χ2v) is 8.08. The van der Waals surface area contributed by atoms with Crippen molar-refractivity contribution >= 4 is 9.04 Å². The van der Waals surface area contributed by atoms with Gasteiger partial charge in [0, 0.05) is 11.6 Å². The molecule has 1 aromatic carbocycles. The van der Waals surface area contributed by atoms with Gasteiger partial charge in [-0.2, -0.15) is 0 Å². The maximum Gasteiger partial charge on any atom is 0.187 e. The molecule has 0 saturated carbocycles. The van der Waals surface area contributed by atoms with Gasteiger partial charge in [-0.1, -0.05) is 50.6 Å². The third kappa shape index (κ3) is 2.48. The minimum Gasteiger partial charge on any atom is -0.419 e. The molecule has 17 heavy (non-hydrogen) atoms. The molecule has 1 nitrogen and oxygen atoms in total. The zero-order valence-electron chi connectivity index (χ0n) is 11.1. The lowest BCUT2D eigenvalue weighted by molar-refractivity contribution is 0.259. The molecule has 0 bridgehead atoms. The SMILES string of the molecule is CCC(CC)(c1ccccc1)[SiH]1CCCCO1. The molecule has 0 spiro atoms. The van der Waals surface area contributed by atoms with Crippen molar-refractivity contribution in [2.24, 2.45) is 0 Å². The van der Waals surface area contributed by atoms with E-state index in [1.807, 2.05) is 0 Å². The average molecular weight is 248 g/mol. The van der Waals surface area contributed by atoms with E-state index in [0.717, 1.165) is 6.61 Å². The predicted octanol–water partition coefficient (Wildman–Crippen LogP) is 3.82. The fourth-order valence-corrected chi connectivity index (χ4v) is 6.87.